The minimum Gasteiger partial charge on any atom is -0.386 e. The molecule has 0 aliphatic carbocycles. The summed E-state index contributed by atoms with van der Waals surface area (Å²) in [5.74, 6) is 0.922. The number of piperidine rings is 1. The minimum absolute atomic E-state index is 0.159. The molecule has 8 nitrogen and oxygen atoms in total. The monoisotopic (exact) mass is 331 g/mol. The number of aromatic nitrogens is 3. The Morgan fingerprint density at radius 1 is 1.46 bits per heavy atom. The van der Waals surface area contributed by atoms with Crippen LogP contribution in [0.15, 0.2) is 23.1 Å². The largest absolute Gasteiger partial charge is 0.386 e. The Labute approximate surface area is 139 Å². The van der Waals surface area contributed by atoms with Crippen LogP contribution in [-0.4, -0.2) is 51.4 Å². The number of carbonyl (C=O) groups is 1. The standard InChI is InChI=1S/C16H21N5O3/c1-11-14(12(2)24-20-11)15(22)19-9-16(23)4-3-7-21(10-16)13-8-17-5-6-18-13/h5-6,8,23H,3-4,7,9-10H2,1-2H3,(H,19,22). The summed E-state index contributed by atoms with van der Waals surface area (Å²) in [5.41, 5.74) is -0.0354. The Hall–Kier alpha value is -2.48. The number of carbonyl (C=O) groups excluding carboxylic acids is 1. The van der Waals surface area contributed by atoms with Gasteiger partial charge in [0.2, 0.25) is 0 Å². The number of hydrogen-bond acceptors (Lipinski definition) is 7. The van der Waals surface area contributed by atoms with Crippen LogP contribution in [0.4, 0.5) is 5.82 Å². The van der Waals surface area contributed by atoms with Crippen molar-refractivity contribution in [3.8, 4) is 0 Å². The molecule has 2 N–H and O–H groups in total. The minimum atomic E-state index is -1.01. The van der Waals surface area contributed by atoms with Gasteiger partial charge in [-0.3, -0.25) is 9.78 Å². The molecule has 3 rings (SSSR count). The third-order valence-corrected chi connectivity index (χ3v) is 4.27. The number of β-amino-alcohol motifs (C(OH)–C–C–N with tert-alkyl or cyclic N) is 1. The number of rotatable bonds is 4. The summed E-state index contributed by atoms with van der Waals surface area (Å²) >= 11 is 0. The average Bonchev–Trinajstić information content (AvgIpc) is 2.92. The van der Waals surface area contributed by atoms with E-state index in [1.807, 2.05) is 4.90 Å². The summed E-state index contributed by atoms with van der Waals surface area (Å²) in [5, 5.41) is 17.4. The van der Waals surface area contributed by atoms with Crippen LogP contribution in [0.5, 0.6) is 0 Å². The van der Waals surface area contributed by atoms with E-state index in [9.17, 15) is 9.90 Å². The van der Waals surface area contributed by atoms with Gasteiger partial charge in [-0.15, -0.1) is 0 Å². The topological polar surface area (TPSA) is 104 Å². The Kier molecular flexibility index (Phi) is 4.48. The van der Waals surface area contributed by atoms with Gasteiger partial charge in [0, 0.05) is 32.0 Å². The predicted molar refractivity (Wildman–Crippen MR) is 86.7 cm³/mol. The van der Waals surface area contributed by atoms with Crippen molar-refractivity contribution >= 4 is 11.7 Å². The maximum atomic E-state index is 12.3. The van der Waals surface area contributed by atoms with Crippen molar-refractivity contribution in [1.82, 2.24) is 20.4 Å². The number of aliphatic hydroxyl groups is 1. The van der Waals surface area contributed by atoms with E-state index in [4.69, 9.17) is 4.52 Å². The molecule has 1 aliphatic rings. The number of aryl methyl sites for hydroxylation is 2. The first-order valence-electron chi connectivity index (χ1n) is 7.93. The van der Waals surface area contributed by atoms with E-state index in [0.29, 0.717) is 30.0 Å². The molecule has 1 aliphatic heterocycles. The van der Waals surface area contributed by atoms with E-state index in [1.54, 1.807) is 32.4 Å². The van der Waals surface area contributed by atoms with Gasteiger partial charge in [-0.2, -0.15) is 0 Å². The summed E-state index contributed by atoms with van der Waals surface area (Å²) in [4.78, 5) is 22.6. The van der Waals surface area contributed by atoms with Crippen molar-refractivity contribution < 1.29 is 14.4 Å². The third kappa shape index (κ3) is 3.38. The first-order chi connectivity index (χ1) is 11.5. The number of anilines is 1. The second kappa shape index (κ2) is 6.56. The van der Waals surface area contributed by atoms with Crippen molar-refractivity contribution in [2.45, 2.75) is 32.3 Å². The van der Waals surface area contributed by atoms with Crippen LogP contribution in [0.1, 0.15) is 34.7 Å². The van der Waals surface area contributed by atoms with Crippen LogP contribution in [0.2, 0.25) is 0 Å². The molecule has 1 unspecified atom stereocenters. The zero-order valence-corrected chi connectivity index (χ0v) is 13.8. The molecule has 1 fully saturated rings. The first-order valence-corrected chi connectivity index (χ1v) is 7.93. The average molecular weight is 331 g/mol. The van der Waals surface area contributed by atoms with Crippen LogP contribution < -0.4 is 10.2 Å². The summed E-state index contributed by atoms with van der Waals surface area (Å²) < 4.78 is 5.01. The Morgan fingerprint density at radius 2 is 2.29 bits per heavy atom. The van der Waals surface area contributed by atoms with Gasteiger partial charge in [0.25, 0.3) is 5.91 Å². The number of amides is 1. The van der Waals surface area contributed by atoms with Crippen molar-refractivity contribution in [2.24, 2.45) is 0 Å². The molecule has 24 heavy (non-hydrogen) atoms. The molecule has 0 radical (unpaired) electrons. The Morgan fingerprint density at radius 3 is 2.96 bits per heavy atom. The fraction of sp³-hybridized carbons (Fsp3) is 0.500. The lowest BCUT2D eigenvalue weighted by molar-refractivity contribution is 0.0254. The Balaban J connectivity index is 1.65. The molecule has 8 heteroatoms. The van der Waals surface area contributed by atoms with Gasteiger partial charge in [0.15, 0.2) is 0 Å². The fourth-order valence-electron chi connectivity index (χ4n) is 3.05. The molecule has 1 saturated heterocycles. The van der Waals surface area contributed by atoms with Gasteiger partial charge >= 0.3 is 0 Å². The lowest BCUT2D eigenvalue weighted by Crippen LogP contribution is -2.54. The second-order valence-corrected chi connectivity index (χ2v) is 6.19. The maximum absolute atomic E-state index is 12.3. The summed E-state index contributed by atoms with van der Waals surface area (Å²) in [6.45, 7) is 4.77. The van der Waals surface area contributed by atoms with Gasteiger partial charge in [-0.05, 0) is 26.7 Å². The molecule has 2 aromatic rings. The SMILES string of the molecule is Cc1noc(C)c1C(=O)NCC1(O)CCCN(c2cnccn2)C1. The van der Waals surface area contributed by atoms with E-state index in [2.05, 4.69) is 20.4 Å². The summed E-state index contributed by atoms with van der Waals surface area (Å²) in [6, 6.07) is 0. The molecular formula is C16H21N5O3. The lowest BCUT2D eigenvalue weighted by Gasteiger charge is -2.39. The molecule has 0 spiro atoms. The first kappa shape index (κ1) is 16.4. The highest BCUT2D eigenvalue weighted by atomic mass is 16.5. The molecule has 3 heterocycles. The van der Waals surface area contributed by atoms with Crippen molar-refractivity contribution in [2.75, 3.05) is 24.5 Å². The maximum Gasteiger partial charge on any atom is 0.256 e. The molecule has 128 valence electrons. The van der Waals surface area contributed by atoms with E-state index < -0.39 is 5.60 Å². The van der Waals surface area contributed by atoms with E-state index in [-0.39, 0.29) is 12.5 Å². The van der Waals surface area contributed by atoms with E-state index in [1.165, 1.54) is 0 Å². The van der Waals surface area contributed by atoms with E-state index >= 15 is 0 Å². The van der Waals surface area contributed by atoms with Gasteiger partial charge < -0.3 is 19.8 Å². The highest BCUT2D eigenvalue weighted by Crippen LogP contribution is 2.24. The zero-order chi connectivity index (χ0) is 17.2. The summed E-state index contributed by atoms with van der Waals surface area (Å²) in [7, 11) is 0. The van der Waals surface area contributed by atoms with Crippen LogP contribution in [-0.2, 0) is 0 Å². The molecule has 2 aromatic heterocycles. The highest BCUT2D eigenvalue weighted by Gasteiger charge is 2.34. The molecule has 1 atom stereocenters. The van der Waals surface area contributed by atoms with Crippen molar-refractivity contribution in [3.63, 3.8) is 0 Å². The van der Waals surface area contributed by atoms with Crippen LogP contribution in [0.3, 0.4) is 0 Å². The molecular weight excluding hydrogens is 310 g/mol. The van der Waals surface area contributed by atoms with Crippen molar-refractivity contribution in [3.05, 3.63) is 35.6 Å². The highest BCUT2D eigenvalue weighted by molar-refractivity contribution is 5.96. The van der Waals surface area contributed by atoms with Gasteiger partial charge in [-0.25, -0.2) is 4.98 Å². The predicted octanol–water partition coefficient (Wildman–Crippen LogP) is 0.843. The summed E-state index contributed by atoms with van der Waals surface area (Å²) in [6.07, 6.45) is 6.35. The second-order valence-electron chi connectivity index (χ2n) is 6.19. The third-order valence-electron chi connectivity index (χ3n) is 4.27. The lowest BCUT2D eigenvalue weighted by atomic mass is 9.92. The normalized spacial score (nSPS) is 20.9. The number of nitrogens with zero attached hydrogens (tertiary/aromatic N) is 4. The quantitative estimate of drug-likeness (QED) is 0.855. The van der Waals surface area contributed by atoms with Crippen molar-refractivity contribution in [1.29, 1.82) is 0 Å². The molecule has 1 amide bonds. The smallest absolute Gasteiger partial charge is 0.256 e. The fourth-order valence-corrected chi connectivity index (χ4v) is 3.05. The van der Waals surface area contributed by atoms with Gasteiger partial charge in [0.1, 0.15) is 17.1 Å². The molecule has 0 saturated carbocycles. The van der Waals surface area contributed by atoms with E-state index in [0.717, 1.165) is 18.8 Å². The zero-order valence-electron chi connectivity index (χ0n) is 13.8. The molecule has 0 aromatic carbocycles. The Bertz CT molecular complexity index is 698. The van der Waals surface area contributed by atoms with Crippen LogP contribution in [0.25, 0.3) is 0 Å². The molecule has 0 bridgehead atoms. The van der Waals surface area contributed by atoms with Crippen LogP contribution >= 0.6 is 0 Å². The number of nitrogens with one attached hydrogen (secondary N) is 1. The van der Waals surface area contributed by atoms with Gasteiger partial charge in [0.05, 0.1) is 17.5 Å². The van der Waals surface area contributed by atoms with Crippen LogP contribution in [0, 0.1) is 13.8 Å². The number of hydrogen-bond donors (Lipinski definition) is 2. The van der Waals surface area contributed by atoms with Gasteiger partial charge in [-0.1, -0.05) is 5.16 Å².